The zero-order valence-corrected chi connectivity index (χ0v) is 12.4. The van der Waals surface area contributed by atoms with Crippen LogP contribution >= 0.6 is 15.9 Å². The van der Waals surface area contributed by atoms with Crippen LogP contribution in [0.25, 0.3) is 0 Å². The van der Waals surface area contributed by atoms with E-state index in [-0.39, 0.29) is 11.5 Å². The Morgan fingerprint density at radius 3 is 2.44 bits per heavy atom. The number of piperidine rings is 1. The van der Waals surface area contributed by atoms with Gasteiger partial charge in [-0.2, -0.15) is 0 Å². The molecule has 0 radical (unpaired) electrons. The number of carbonyl (C=O) groups excluding carboxylic acids is 1. The molecule has 1 rings (SSSR count). The van der Waals surface area contributed by atoms with Crippen molar-refractivity contribution >= 4 is 22.0 Å². The van der Waals surface area contributed by atoms with Crippen LogP contribution in [0.1, 0.15) is 41.0 Å². The van der Waals surface area contributed by atoms with Gasteiger partial charge in [-0.05, 0) is 32.6 Å². The van der Waals surface area contributed by atoms with Gasteiger partial charge >= 0.3 is 6.09 Å². The SMILES string of the molecule is CC1(C)CC(Br)CN(C(=O)OC(C)(C)C)C1. The van der Waals surface area contributed by atoms with Crippen molar-refractivity contribution in [3.8, 4) is 0 Å². The number of carbonyl (C=O) groups is 1. The van der Waals surface area contributed by atoms with Gasteiger partial charge in [0.2, 0.25) is 0 Å². The lowest BCUT2D eigenvalue weighted by Gasteiger charge is -2.40. The van der Waals surface area contributed by atoms with Crippen LogP contribution in [0.5, 0.6) is 0 Å². The van der Waals surface area contributed by atoms with E-state index in [9.17, 15) is 4.79 Å². The molecule has 0 saturated carbocycles. The monoisotopic (exact) mass is 291 g/mol. The van der Waals surface area contributed by atoms with Gasteiger partial charge in [0, 0.05) is 17.9 Å². The van der Waals surface area contributed by atoms with E-state index >= 15 is 0 Å². The van der Waals surface area contributed by atoms with E-state index in [0.29, 0.717) is 4.83 Å². The molecule has 0 aromatic rings. The van der Waals surface area contributed by atoms with Crippen molar-refractivity contribution in [3.63, 3.8) is 0 Å². The van der Waals surface area contributed by atoms with Crippen LogP contribution in [0.4, 0.5) is 4.79 Å². The third-order valence-corrected chi connectivity index (χ3v) is 3.08. The quantitative estimate of drug-likeness (QED) is 0.640. The van der Waals surface area contributed by atoms with Crippen LogP contribution < -0.4 is 0 Å². The molecule has 1 aliphatic rings. The number of rotatable bonds is 0. The Hall–Kier alpha value is -0.250. The summed E-state index contributed by atoms with van der Waals surface area (Å²) in [6, 6.07) is 0. The molecule has 3 nitrogen and oxygen atoms in total. The molecule has 0 aliphatic carbocycles. The smallest absolute Gasteiger partial charge is 0.410 e. The normalized spacial score (nSPS) is 25.4. The molecule has 1 fully saturated rings. The Morgan fingerprint density at radius 1 is 1.44 bits per heavy atom. The fourth-order valence-corrected chi connectivity index (χ4v) is 3.24. The fourth-order valence-electron chi connectivity index (χ4n) is 2.01. The highest BCUT2D eigenvalue weighted by Gasteiger charge is 2.35. The maximum absolute atomic E-state index is 11.9. The minimum absolute atomic E-state index is 0.156. The van der Waals surface area contributed by atoms with Crippen molar-refractivity contribution < 1.29 is 9.53 Å². The van der Waals surface area contributed by atoms with Gasteiger partial charge in [-0.15, -0.1) is 0 Å². The van der Waals surface area contributed by atoms with Crippen molar-refractivity contribution in [2.45, 2.75) is 51.5 Å². The van der Waals surface area contributed by atoms with Crippen molar-refractivity contribution in [3.05, 3.63) is 0 Å². The molecule has 0 aromatic heterocycles. The molecule has 4 heteroatoms. The third kappa shape index (κ3) is 4.32. The zero-order chi connectivity index (χ0) is 12.6. The molecule has 0 spiro atoms. The molecular weight excluding hydrogens is 270 g/mol. The van der Waals surface area contributed by atoms with Crippen molar-refractivity contribution in [1.29, 1.82) is 0 Å². The first-order valence-electron chi connectivity index (χ1n) is 5.71. The second kappa shape index (κ2) is 4.55. The lowest BCUT2D eigenvalue weighted by atomic mass is 9.84. The van der Waals surface area contributed by atoms with Crippen LogP contribution in [0.3, 0.4) is 0 Å². The van der Waals surface area contributed by atoms with E-state index in [1.807, 2.05) is 20.8 Å². The Balaban J connectivity index is 2.63. The number of ether oxygens (including phenoxy) is 1. The summed E-state index contributed by atoms with van der Waals surface area (Å²) < 4.78 is 5.38. The number of hydrogen-bond donors (Lipinski definition) is 0. The number of halogens is 1. The highest BCUT2D eigenvalue weighted by atomic mass is 79.9. The Kier molecular flexibility index (Phi) is 3.93. The van der Waals surface area contributed by atoms with Gasteiger partial charge in [-0.25, -0.2) is 4.79 Å². The molecule has 0 bridgehead atoms. The van der Waals surface area contributed by atoms with E-state index in [1.165, 1.54) is 0 Å². The number of amides is 1. The molecule has 94 valence electrons. The molecule has 16 heavy (non-hydrogen) atoms. The minimum Gasteiger partial charge on any atom is -0.444 e. The minimum atomic E-state index is -0.416. The zero-order valence-electron chi connectivity index (χ0n) is 10.8. The molecule has 1 amide bonds. The van der Waals surface area contributed by atoms with Crippen molar-refractivity contribution in [1.82, 2.24) is 4.90 Å². The van der Waals surface area contributed by atoms with Crippen LogP contribution in [0.2, 0.25) is 0 Å². The van der Waals surface area contributed by atoms with Crippen molar-refractivity contribution in [2.24, 2.45) is 5.41 Å². The maximum atomic E-state index is 11.9. The first-order chi connectivity index (χ1) is 7.09. The number of nitrogens with zero attached hydrogens (tertiary/aromatic N) is 1. The molecule has 1 aliphatic heterocycles. The summed E-state index contributed by atoms with van der Waals surface area (Å²) in [7, 11) is 0. The predicted octanol–water partition coefficient (Wildman–Crippen LogP) is 3.42. The highest BCUT2D eigenvalue weighted by Crippen LogP contribution is 2.32. The summed E-state index contributed by atoms with van der Waals surface area (Å²) >= 11 is 3.60. The maximum Gasteiger partial charge on any atom is 0.410 e. The average molecular weight is 292 g/mol. The molecule has 1 unspecified atom stereocenters. The van der Waals surface area contributed by atoms with Crippen LogP contribution in [0, 0.1) is 5.41 Å². The molecule has 0 N–H and O–H groups in total. The molecular formula is C12H22BrNO2. The second-order valence-corrected chi connectivity index (χ2v) is 7.62. The summed E-state index contributed by atoms with van der Waals surface area (Å²) in [5.74, 6) is 0. The van der Waals surface area contributed by atoms with Gasteiger partial charge in [0.1, 0.15) is 5.60 Å². The Morgan fingerprint density at radius 2 is 2.00 bits per heavy atom. The van der Waals surface area contributed by atoms with Gasteiger partial charge in [0.05, 0.1) is 0 Å². The number of hydrogen-bond acceptors (Lipinski definition) is 2. The summed E-state index contributed by atoms with van der Waals surface area (Å²) in [4.78, 5) is 14.1. The first-order valence-corrected chi connectivity index (χ1v) is 6.63. The van der Waals surface area contributed by atoms with Crippen molar-refractivity contribution in [2.75, 3.05) is 13.1 Å². The van der Waals surface area contributed by atoms with Gasteiger partial charge in [-0.3, -0.25) is 0 Å². The van der Waals surface area contributed by atoms with Crippen LogP contribution in [0.15, 0.2) is 0 Å². The van der Waals surface area contributed by atoms with Gasteiger partial charge in [0.15, 0.2) is 0 Å². The average Bonchev–Trinajstić information content (AvgIpc) is 1.96. The van der Waals surface area contributed by atoms with E-state index in [0.717, 1.165) is 19.5 Å². The van der Waals surface area contributed by atoms with Gasteiger partial charge < -0.3 is 9.64 Å². The highest BCUT2D eigenvalue weighted by molar-refractivity contribution is 9.09. The molecule has 1 atom stereocenters. The third-order valence-electron chi connectivity index (χ3n) is 2.46. The van der Waals surface area contributed by atoms with E-state index < -0.39 is 5.60 Å². The van der Waals surface area contributed by atoms with Gasteiger partial charge in [0.25, 0.3) is 0 Å². The topological polar surface area (TPSA) is 29.5 Å². The lowest BCUT2D eigenvalue weighted by Crippen LogP contribution is -2.49. The summed E-state index contributed by atoms with van der Waals surface area (Å²) in [5.41, 5.74) is -0.260. The summed E-state index contributed by atoms with van der Waals surface area (Å²) in [5, 5.41) is 0. The number of likely N-dealkylation sites (tertiary alicyclic amines) is 1. The second-order valence-electron chi connectivity index (χ2n) is 6.33. The van der Waals surface area contributed by atoms with E-state index in [2.05, 4.69) is 29.8 Å². The fraction of sp³-hybridized carbons (Fsp3) is 0.917. The van der Waals surface area contributed by atoms with Gasteiger partial charge in [-0.1, -0.05) is 29.8 Å². The lowest BCUT2D eigenvalue weighted by molar-refractivity contribution is 0.0102. The Labute approximate surface area is 107 Å². The predicted molar refractivity (Wildman–Crippen MR) is 68.9 cm³/mol. The Bertz CT molecular complexity index is 271. The summed E-state index contributed by atoms with van der Waals surface area (Å²) in [6.07, 6.45) is 0.886. The largest absolute Gasteiger partial charge is 0.444 e. The first kappa shape index (κ1) is 13.8. The van der Waals surface area contributed by atoms with Crippen LogP contribution in [-0.4, -0.2) is 34.5 Å². The van der Waals surface area contributed by atoms with E-state index in [4.69, 9.17) is 4.74 Å². The van der Waals surface area contributed by atoms with Crippen LogP contribution in [-0.2, 0) is 4.74 Å². The standard InChI is InChI=1S/C12H22BrNO2/c1-11(2,3)16-10(15)14-7-9(13)6-12(4,5)8-14/h9H,6-8H2,1-5H3. The van der Waals surface area contributed by atoms with E-state index in [1.54, 1.807) is 4.90 Å². The molecule has 1 heterocycles. The molecule has 1 saturated heterocycles. The number of alkyl halides is 1. The molecule has 0 aromatic carbocycles. The summed E-state index contributed by atoms with van der Waals surface area (Å²) in [6.45, 7) is 11.5.